The summed E-state index contributed by atoms with van der Waals surface area (Å²) in [6.45, 7) is 23.0. The summed E-state index contributed by atoms with van der Waals surface area (Å²) in [5, 5.41) is 10.9. The molecule has 0 bridgehead atoms. The van der Waals surface area contributed by atoms with E-state index in [2.05, 4.69) is 63.8 Å². The number of aryl methyl sites for hydroxylation is 2. The molecule has 0 saturated carbocycles. The van der Waals surface area contributed by atoms with E-state index in [4.69, 9.17) is 42.0 Å². The number of hydrogen-bond acceptors (Lipinski definition) is 14. The van der Waals surface area contributed by atoms with Gasteiger partial charge in [-0.3, -0.25) is 19.6 Å². The van der Waals surface area contributed by atoms with Crippen molar-refractivity contribution in [3.63, 3.8) is 0 Å². The summed E-state index contributed by atoms with van der Waals surface area (Å²) in [4.78, 5) is 68.5. The Hall–Kier alpha value is -8.97. The number of alkyl halides is 6. The van der Waals surface area contributed by atoms with Crippen LogP contribution in [-0.2, 0) is 31.3 Å². The van der Waals surface area contributed by atoms with E-state index in [1.807, 2.05) is 44.2 Å². The summed E-state index contributed by atoms with van der Waals surface area (Å²) in [7, 11) is 0. The van der Waals surface area contributed by atoms with Gasteiger partial charge in [0.1, 0.15) is 45.1 Å². The summed E-state index contributed by atoms with van der Waals surface area (Å²) in [6.07, 6.45) is -3.38. The lowest BCUT2D eigenvalue weighted by atomic mass is 9.99. The second-order valence-electron chi connectivity index (χ2n) is 22.3. The summed E-state index contributed by atoms with van der Waals surface area (Å²) in [5.41, 5.74) is 2.61. The average molecular weight is 1260 g/mol. The fourth-order valence-corrected chi connectivity index (χ4v) is 8.60. The minimum absolute atomic E-state index is 0.138. The number of anilines is 4. The van der Waals surface area contributed by atoms with Crippen LogP contribution in [0.4, 0.5) is 58.9 Å². The highest BCUT2D eigenvalue weighted by Gasteiger charge is 2.34. The van der Waals surface area contributed by atoms with Gasteiger partial charge in [0.25, 0.3) is 11.8 Å². The number of carbonyl (C=O) groups is 4. The number of rotatable bonds is 10. The molecule has 4 amide bonds. The van der Waals surface area contributed by atoms with E-state index in [0.29, 0.717) is 86.7 Å². The van der Waals surface area contributed by atoms with Crippen molar-refractivity contribution in [1.82, 2.24) is 30.6 Å². The van der Waals surface area contributed by atoms with Gasteiger partial charge in [-0.2, -0.15) is 26.3 Å². The van der Waals surface area contributed by atoms with Gasteiger partial charge in [0, 0.05) is 61.1 Å². The molecule has 2 aromatic carbocycles. The Balaban J connectivity index is 0.000000246. The SMILES string of the molecule is C#C[C@@H](C)NC(=O)OC(C)(C)C.Cc1ccc(NC(=O)c2ccnc(C(F)(F)F)c2)cc1-c1cc(C#C[C@@H](C)NC(=O)OC(C)(C)C)nc(N2CCOCC2)c1.Cc1ccc(NC(=O)c2ccnc(C(F)(F)F)c2)cc1-c1cc(Cl)nc(N2CCOCC2)c1. The second kappa shape index (κ2) is 30.3. The number of alkyl carbamates (subject to hydrolysis) is 2. The minimum atomic E-state index is -4.67. The summed E-state index contributed by atoms with van der Waals surface area (Å²) < 4.78 is 99.3. The highest BCUT2D eigenvalue weighted by atomic mass is 35.5. The third-order valence-corrected chi connectivity index (χ3v) is 12.8. The molecule has 89 heavy (non-hydrogen) atoms. The number of amides is 4. The molecule has 2 atom stereocenters. The molecule has 0 aliphatic carbocycles. The standard InChI is InChI=1S/C32H34F3N5O4.C23H20ClF3N4O2.C9H15NO2/c1-20-6-8-25(39-29(41)22-10-11-36-27(17-22)32(33,34)35)19-26(20)23-16-24(38-28(18-23)40-12-14-43-15-13-40)9-7-21(2)37-30(42)44-31(3,4)5;1-14-2-3-17(29-22(32)15-4-5-28-19(10-15)23(25,26)27)13-18(14)16-11-20(24)30-21(12-16)31-6-8-33-9-7-31;1-6-7(2)10-8(11)12-9(3,4)5/h6,8,10-11,16-19,21H,12-15H2,1-5H3,(H,37,42)(H,39,41);2-5,10-13H,6-9H2,1H3,(H,29,32);1,7H,2-5H3,(H,10,11)/t21-;;7-/m1.1/s1. The van der Waals surface area contributed by atoms with Crippen molar-refractivity contribution >= 4 is 58.6 Å². The quantitative estimate of drug-likeness (QED) is 0.0571. The topological polar surface area (TPSA) is 211 Å². The fraction of sp³-hybridized carbons (Fsp3) is 0.375. The number of terminal acetylenes is 1. The van der Waals surface area contributed by atoms with Gasteiger partial charge in [-0.1, -0.05) is 35.6 Å². The highest BCUT2D eigenvalue weighted by Crippen LogP contribution is 2.34. The van der Waals surface area contributed by atoms with Gasteiger partial charge in [0.2, 0.25) is 0 Å². The highest BCUT2D eigenvalue weighted by molar-refractivity contribution is 6.29. The zero-order chi connectivity index (χ0) is 65.4. The average Bonchev–Trinajstić information content (AvgIpc) is 2.68. The molecule has 0 unspecified atom stereocenters. The summed E-state index contributed by atoms with van der Waals surface area (Å²) >= 11 is 6.29. The first kappa shape index (κ1) is 69.1. The first-order chi connectivity index (χ1) is 41.7. The van der Waals surface area contributed by atoms with E-state index in [-0.39, 0.29) is 17.2 Å². The van der Waals surface area contributed by atoms with Crippen LogP contribution in [0.5, 0.6) is 0 Å². The van der Waals surface area contributed by atoms with Gasteiger partial charge >= 0.3 is 24.5 Å². The predicted molar refractivity (Wildman–Crippen MR) is 328 cm³/mol. The van der Waals surface area contributed by atoms with E-state index < -0.39 is 65.0 Å². The molecule has 2 aliphatic rings. The maximum absolute atomic E-state index is 13.1. The molecule has 2 fully saturated rings. The summed E-state index contributed by atoms with van der Waals surface area (Å²) in [6, 6.07) is 21.0. The monoisotopic (exact) mass is 1250 g/mol. The maximum Gasteiger partial charge on any atom is 0.433 e. The van der Waals surface area contributed by atoms with Crippen LogP contribution in [0.25, 0.3) is 22.3 Å². The zero-order valence-electron chi connectivity index (χ0n) is 50.7. The lowest BCUT2D eigenvalue weighted by molar-refractivity contribution is -0.142. The molecule has 6 aromatic rings. The number of aromatic nitrogens is 4. The number of ether oxygens (including phenoxy) is 4. The van der Waals surface area contributed by atoms with Crippen LogP contribution >= 0.6 is 11.6 Å². The van der Waals surface area contributed by atoms with Crippen LogP contribution in [0.2, 0.25) is 5.15 Å². The summed E-state index contributed by atoms with van der Waals surface area (Å²) in [5.74, 6) is 8.47. The Labute approximate surface area is 517 Å². The number of hydrogen-bond donors (Lipinski definition) is 4. The van der Waals surface area contributed by atoms with E-state index in [1.165, 1.54) is 12.1 Å². The second-order valence-corrected chi connectivity index (χ2v) is 22.7. The number of nitrogens with one attached hydrogen (secondary N) is 4. The van der Waals surface area contributed by atoms with Gasteiger partial charge in [0.05, 0.1) is 38.5 Å². The van der Waals surface area contributed by atoms with Gasteiger partial charge in [-0.25, -0.2) is 19.6 Å². The van der Waals surface area contributed by atoms with Crippen molar-refractivity contribution in [3.8, 4) is 46.4 Å². The largest absolute Gasteiger partial charge is 0.444 e. The molecule has 0 spiro atoms. The lowest BCUT2D eigenvalue weighted by Crippen LogP contribution is -2.37. The van der Waals surface area contributed by atoms with Crippen LogP contribution in [0, 0.1) is 38.0 Å². The van der Waals surface area contributed by atoms with Crippen molar-refractivity contribution in [2.45, 2.75) is 105 Å². The van der Waals surface area contributed by atoms with Crippen LogP contribution in [0.1, 0.15) is 104 Å². The van der Waals surface area contributed by atoms with Crippen LogP contribution in [0.3, 0.4) is 0 Å². The number of carbonyl (C=O) groups excluding carboxylic acids is 4. The molecular formula is C64H69ClF6N10O8. The van der Waals surface area contributed by atoms with Crippen LogP contribution in [0.15, 0.2) is 97.3 Å². The predicted octanol–water partition coefficient (Wildman–Crippen LogP) is 12.6. The Bertz CT molecular complexity index is 3600. The van der Waals surface area contributed by atoms with E-state index in [0.717, 1.165) is 57.7 Å². The Kier molecular flexibility index (Phi) is 23.5. The number of nitrogens with zero attached hydrogens (tertiary/aromatic N) is 6. The Morgan fingerprint density at radius 3 is 1.43 bits per heavy atom. The zero-order valence-corrected chi connectivity index (χ0v) is 51.5. The molecule has 4 aromatic heterocycles. The lowest BCUT2D eigenvalue weighted by Gasteiger charge is -2.28. The van der Waals surface area contributed by atoms with Gasteiger partial charge in [-0.15, -0.1) is 6.42 Å². The van der Waals surface area contributed by atoms with Crippen LogP contribution in [-0.4, -0.2) is 120 Å². The third kappa shape index (κ3) is 22.0. The molecule has 472 valence electrons. The molecule has 25 heteroatoms. The molecule has 4 N–H and O–H groups in total. The number of benzene rings is 2. The normalized spacial score (nSPS) is 14.1. The number of pyridine rings is 4. The number of halogens is 7. The van der Waals surface area contributed by atoms with E-state index >= 15 is 0 Å². The van der Waals surface area contributed by atoms with Crippen molar-refractivity contribution in [1.29, 1.82) is 0 Å². The first-order valence-corrected chi connectivity index (χ1v) is 28.3. The Morgan fingerprint density at radius 2 is 1.01 bits per heavy atom. The molecule has 0 radical (unpaired) electrons. The minimum Gasteiger partial charge on any atom is -0.444 e. The van der Waals surface area contributed by atoms with E-state index in [1.54, 1.807) is 85.7 Å². The van der Waals surface area contributed by atoms with Gasteiger partial charge in [-0.05, 0) is 181 Å². The molecule has 6 heterocycles. The van der Waals surface area contributed by atoms with Crippen molar-refractivity contribution in [3.05, 3.63) is 142 Å². The van der Waals surface area contributed by atoms with Crippen molar-refractivity contribution in [2.24, 2.45) is 0 Å². The van der Waals surface area contributed by atoms with E-state index in [9.17, 15) is 45.5 Å². The van der Waals surface area contributed by atoms with Crippen LogP contribution < -0.4 is 31.1 Å². The molecule has 18 nitrogen and oxygen atoms in total. The van der Waals surface area contributed by atoms with Crippen molar-refractivity contribution < 1.29 is 64.5 Å². The fourth-order valence-electron chi connectivity index (χ4n) is 8.39. The third-order valence-electron chi connectivity index (χ3n) is 12.6. The first-order valence-electron chi connectivity index (χ1n) is 28.0. The molecular weight excluding hydrogens is 1190 g/mol. The maximum atomic E-state index is 13.1. The van der Waals surface area contributed by atoms with Crippen molar-refractivity contribution in [2.75, 3.05) is 73.0 Å². The molecule has 2 saturated heterocycles. The molecule has 8 rings (SSSR count). The van der Waals surface area contributed by atoms with Gasteiger partial charge in [0.15, 0.2) is 0 Å². The number of morpholine rings is 2. The van der Waals surface area contributed by atoms with Gasteiger partial charge < -0.3 is 50.0 Å². The smallest absolute Gasteiger partial charge is 0.433 e. The molecule has 2 aliphatic heterocycles. The Morgan fingerprint density at radius 1 is 0.596 bits per heavy atom.